The summed E-state index contributed by atoms with van der Waals surface area (Å²) in [6.07, 6.45) is 0. The number of rotatable bonds is 3. The Morgan fingerprint density at radius 1 is 0.194 bits per heavy atom. The van der Waals surface area contributed by atoms with Crippen LogP contribution >= 0.6 is 0 Å². The Labute approximate surface area is 388 Å². The summed E-state index contributed by atoms with van der Waals surface area (Å²) in [6, 6.07) is 91.6. The Balaban J connectivity index is 1.01. The Bertz CT molecular complexity index is 4180. The van der Waals surface area contributed by atoms with Gasteiger partial charge in [-0.15, -0.1) is 0 Å². The molecule has 0 bridgehead atoms. The van der Waals surface area contributed by atoms with Crippen molar-refractivity contribution in [3.8, 4) is 55.6 Å². The van der Waals surface area contributed by atoms with Crippen molar-refractivity contribution >= 4 is 64.6 Å². The quantitative estimate of drug-likeness (QED) is 0.123. The first-order valence-corrected chi connectivity index (χ1v) is 23.5. The number of fused-ring (bicyclic) bond motifs is 18. The van der Waals surface area contributed by atoms with E-state index < -0.39 is 5.41 Å². The van der Waals surface area contributed by atoms with E-state index in [-0.39, 0.29) is 0 Å². The number of benzene rings is 13. The topological polar surface area (TPSA) is 0 Å². The zero-order chi connectivity index (χ0) is 43.8. The van der Waals surface area contributed by atoms with Gasteiger partial charge in [0.05, 0.1) is 5.41 Å². The maximum absolute atomic E-state index is 2.57. The van der Waals surface area contributed by atoms with E-state index in [0.29, 0.717) is 0 Å². The lowest BCUT2D eigenvalue weighted by atomic mass is 9.69. The molecule has 1 spiro atoms. The van der Waals surface area contributed by atoms with Gasteiger partial charge in [-0.2, -0.15) is 0 Å². The zero-order valence-corrected chi connectivity index (χ0v) is 36.6. The van der Waals surface area contributed by atoms with Crippen LogP contribution in [0.1, 0.15) is 22.3 Å². The van der Waals surface area contributed by atoms with Gasteiger partial charge in [0.1, 0.15) is 0 Å². The van der Waals surface area contributed by atoms with Crippen LogP contribution in [0.15, 0.2) is 243 Å². The fraction of sp³-hybridized carbons (Fsp3) is 0.0149. The van der Waals surface area contributed by atoms with Gasteiger partial charge in [-0.05, 0) is 173 Å². The van der Waals surface area contributed by atoms with Gasteiger partial charge in [0.25, 0.3) is 0 Å². The molecule has 0 N–H and O–H groups in total. The van der Waals surface area contributed by atoms with Crippen molar-refractivity contribution in [1.29, 1.82) is 0 Å². The lowest BCUT2D eigenvalue weighted by Crippen LogP contribution is -2.26. The van der Waals surface area contributed by atoms with Crippen LogP contribution in [0.25, 0.3) is 120 Å². The number of hydrogen-bond donors (Lipinski definition) is 0. The van der Waals surface area contributed by atoms with Crippen LogP contribution in [0.3, 0.4) is 0 Å². The summed E-state index contributed by atoms with van der Waals surface area (Å²) in [5, 5.41) is 15.2. The molecule has 308 valence electrons. The third-order valence-corrected chi connectivity index (χ3v) is 15.4. The molecule has 0 heterocycles. The van der Waals surface area contributed by atoms with E-state index in [1.165, 1.54) is 143 Å². The second kappa shape index (κ2) is 13.7. The standard InChI is InChI=1S/C67H40/c1-2-19-42-39-62-59(37-41(42)18-1)66-52-29-8-7-26-49(52)57(40-63(66)67(62)60-34-15-13-27-50(60)51-28-14-16-35-61(51)67)43-21-17-22-45(36-43)64-53-30-9-11-32-55(53)65(56-33-12-10-31-54(56)64)58-38-44-20-3-4-23-46(44)47-24-5-6-25-48(47)58/h1-40H. The molecule has 0 radical (unpaired) electrons. The molecule has 0 atom stereocenters. The summed E-state index contributed by atoms with van der Waals surface area (Å²) in [4.78, 5) is 0. The molecule has 2 aliphatic rings. The van der Waals surface area contributed by atoms with E-state index in [1.807, 2.05) is 0 Å². The predicted molar refractivity (Wildman–Crippen MR) is 284 cm³/mol. The molecular weight excluding hydrogens is 805 g/mol. The Kier molecular flexibility index (Phi) is 7.52. The molecule has 0 nitrogen and oxygen atoms in total. The molecular formula is C67H40. The van der Waals surface area contributed by atoms with Gasteiger partial charge in [0, 0.05) is 0 Å². The SMILES string of the molecule is c1cc(-c2cc3c(c4ccccc24)-c2cc4ccccc4cc2C32c3ccccc3-c3ccccc32)cc(-c2c3ccccc3c(-c3cc4ccccc4c4ccccc34)c3ccccc23)c1. The Hall–Kier alpha value is -8.58. The van der Waals surface area contributed by atoms with Crippen LogP contribution in [0, 0.1) is 0 Å². The second-order valence-electron chi connectivity index (χ2n) is 18.6. The summed E-state index contributed by atoms with van der Waals surface area (Å²) < 4.78 is 0. The Morgan fingerprint density at radius 3 is 1.28 bits per heavy atom. The fourth-order valence-electron chi connectivity index (χ4n) is 12.8. The van der Waals surface area contributed by atoms with Crippen LogP contribution in [0.4, 0.5) is 0 Å². The maximum atomic E-state index is 2.57. The highest BCUT2D eigenvalue weighted by Gasteiger charge is 2.52. The van der Waals surface area contributed by atoms with E-state index in [0.717, 1.165) is 0 Å². The maximum Gasteiger partial charge on any atom is 0.0726 e. The van der Waals surface area contributed by atoms with Crippen LogP contribution in [-0.4, -0.2) is 0 Å². The van der Waals surface area contributed by atoms with E-state index >= 15 is 0 Å². The first-order chi connectivity index (χ1) is 33.3. The van der Waals surface area contributed by atoms with Gasteiger partial charge in [-0.25, -0.2) is 0 Å². The molecule has 2 aliphatic carbocycles. The summed E-state index contributed by atoms with van der Waals surface area (Å²) >= 11 is 0. The minimum absolute atomic E-state index is 0.479. The molecule has 0 heteroatoms. The molecule has 13 aromatic rings. The molecule has 0 fully saturated rings. The average Bonchev–Trinajstić information content (AvgIpc) is 3.86. The van der Waals surface area contributed by atoms with Gasteiger partial charge in [-0.3, -0.25) is 0 Å². The molecule has 67 heavy (non-hydrogen) atoms. The highest BCUT2D eigenvalue weighted by Crippen LogP contribution is 2.65. The van der Waals surface area contributed by atoms with E-state index in [1.54, 1.807) is 0 Å². The minimum Gasteiger partial charge on any atom is -0.0619 e. The van der Waals surface area contributed by atoms with Crippen molar-refractivity contribution in [2.45, 2.75) is 5.41 Å². The van der Waals surface area contributed by atoms with E-state index in [2.05, 4.69) is 243 Å². The first-order valence-electron chi connectivity index (χ1n) is 23.5. The lowest BCUT2D eigenvalue weighted by Gasteiger charge is -2.31. The summed E-state index contributed by atoms with van der Waals surface area (Å²) in [7, 11) is 0. The molecule has 15 rings (SSSR count). The third kappa shape index (κ3) is 4.92. The fourth-order valence-corrected chi connectivity index (χ4v) is 12.8. The minimum atomic E-state index is -0.479. The van der Waals surface area contributed by atoms with Crippen LogP contribution in [-0.2, 0) is 5.41 Å². The van der Waals surface area contributed by atoms with Gasteiger partial charge in [0.15, 0.2) is 0 Å². The predicted octanol–water partition coefficient (Wildman–Crippen LogP) is 18.0. The van der Waals surface area contributed by atoms with Crippen molar-refractivity contribution in [2.75, 3.05) is 0 Å². The molecule has 0 aromatic heterocycles. The molecule has 0 amide bonds. The van der Waals surface area contributed by atoms with Crippen molar-refractivity contribution in [3.05, 3.63) is 265 Å². The summed E-state index contributed by atoms with van der Waals surface area (Å²) in [5.74, 6) is 0. The summed E-state index contributed by atoms with van der Waals surface area (Å²) in [5.41, 5.74) is 17.8. The monoisotopic (exact) mass is 844 g/mol. The van der Waals surface area contributed by atoms with Gasteiger partial charge in [-0.1, -0.05) is 212 Å². The second-order valence-corrected chi connectivity index (χ2v) is 18.6. The van der Waals surface area contributed by atoms with Crippen LogP contribution in [0.2, 0.25) is 0 Å². The van der Waals surface area contributed by atoms with Crippen molar-refractivity contribution < 1.29 is 0 Å². The van der Waals surface area contributed by atoms with Crippen LogP contribution < -0.4 is 0 Å². The highest BCUT2D eigenvalue weighted by atomic mass is 14.5. The summed E-state index contributed by atoms with van der Waals surface area (Å²) in [6.45, 7) is 0. The van der Waals surface area contributed by atoms with Crippen LogP contribution in [0.5, 0.6) is 0 Å². The van der Waals surface area contributed by atoms with Crippen molar-refractivity contribution in [2.24, 2.45) is 0 Å². The average molecular weight is 845 g/mol. The van der Waals surface area contributed by atoms with E-state index in [4.69, 9.17) is 0 Å². The molecule has 0 saturated carbocycles. The third-order valence-electron chi connectivity index (χ3n) is 15.4. The molecule has 0 aliphatic heterocycles. The molecule has 13 aromatic carbocycles. The van der Waals surface area contributed by atoms with Gasteiger partial charge < -0.3 is 0 Å². The van der Waals surface area contributed by atoms with Crippen molar-refractivity contribution in [1.82, 2.24) is 0 Å². The molecule has 0 saturated heterocycles. The smallest absolute Gasteiger partial charge is 0.0619 e. The lowest BCUT2D eigenvalue weighted by molar-refractivity contribution is 0.796. The molecule has 0 unspecified atom stereocenters. The normalized spacial score (nSPS) is 13.2. The van der Waals surface area contributed by atoms with Crippen molar-refractivity contribution in [3.63, 3.8) is 0 Å². The zero-order valence-electron chi connectivity index (χ0n) is 36.6. The first kappa shape index (κ1) is 36.7. The van der Waals surface area contributed by atoms with Gasteiger partial charge in [0.2, 0.25) is 0 Å². The largest absolute Gasteiger partial charge is 0.0726 e. The van der Waals surface area contributed by atoms with E-state index in [9.17, 15) is 0 Å². The van der Waals surface area contributed by atoms with Gasteiger partial charge >= 0.3 is 0 Å². The number of hydrogen-bond acceptors (Lipinski definition) is 0. The Morgan fingerprint density at radius 2 is 0.642 bits per heavy atom. The highest BCUT2D eigenvalue weighted by molar-refractivity contribution is 6.26.